The van der Waals surface area contributed by atoms with Crippen molar-refractivity contribution in [2.75, 3.05) is 11.5 Å². The first-order valence-electron chi connectivity index (χ1n) is 7.99. The normalized spacial score (nSPS) is 25.4. The molecule has 0 aromatic rings. The monoisotopic (exact) mass is 308 g/mol. The van der Waals surface area contributed by atoms with E-state index >= 15 is 0 Å². The van der Waals surface area contributed by atoms with E-state index in [2.05, 4.69) is 39.8 Å². The van der Waals surface area contributed by atoms with Crippen LogP contribution >= 0.6 is 0 Å². The van der Waals surface area contributed by atoms with Gasteiger partial charge < -0.3 is 0 Å². The molecule has 2 rings (SSSR count). The first-order chi connectivity index (χ1) is 9.71. The molecular formula is C18H28O2S. The van der Waals surface area contributed by atoms with Crippen LogP contribution in [0.15, 0.2) is 34.4 Å². The Morgan fingerprint density at radius 1 is 1.14 bits per heavy atom. The van der Waals surface area contributed by atoms with Crippen molar-refractivity contribution in [1.82, 2.24) is 0 Å². The van der Waals surface area contributed by atoms with E-state index in [9.17, 15) is 8.42 Å². The molecule has 0 bridgehead atoms. The minimum absolute atomic E-state index is 0.264. The summed E-state index contributed by atoms with van der Waals surface area (Å²) in [6, 6.07) is 0. The lowest BCUT2D eigenvalue weighted by Crippen LogP contribution is -2.19. The first kappa shape index (κ1) is 16.5. The molecule has 1 heterocycles. The van der Waals surface area contributed by atoms with Crippen LogP contribution in [-0.2, 0) is 9.84 Å². The minimum Gasteiger partial charge on any atom is -0.229 e. The smallest absolute Gasteiger partial charge is 0.150 e. The van der Waals surface area contributed by atoms with Crippen molar-refractivity contribution < 1.29 is 8.42 Å². The van der Waals surface area contributed by atoms with Gasteiger partial charge in [0.25, 0.3) is 0 Å². The Morgan fingerprint density at radius 3 is 2.33 bits per heavy atom. The average molecular weight is 308 g/mol. The summed E-state index contributed by atoms with van der Waals surface area (Å²) in [5.41, 5.74) is 5.81. The van der Waals surface area contributed by atoms with E-state index in [-0.39, 0.29) is 5.41 Å². The molecule has 1 fully saturated rings. The summed E-state index contributed by atoms with van der Waals surface area (Å²) in [4.78, 5) is 0. The molecule has 0 saturated carbocycles. The fourth-order valence-corrected chi connectivity index (χ4v) is 4.83. The molecule has 2 nitrogen and oxygen atoms in total. The van der Waals surface area contributed by atoms with Crippen LogP contribution in [0.4, 0.5) is 0 Å². The van der Waals surface area contributed by atoms with Gasteiger partial charge in [0.05, 0.1) is 11.5 Å². The maximum atomic E-state index is 11.5. The molecule has 0 amide bonds. The molecule has 0 spiro atoms. The van der Waals surface area contributed by atoms with Crippen LogP contribution in [0.1, 0.15) is 59.8 Å². The summed E-state index contributed by atoms with van der Waals surface area (Å²) >= 11 is 0. The number of allylic oxidation sites excluding steroid dienone is 6. The van der Waals surface area contributed by atoms with E-state index in [1.807, 2.05) is 0 Å². The van der Waals surface area contributed by atoms with Crippen LogP contribution in [0.25, 0.3) is 0 Å². The van der Waals surface area contributed by atoms with Crippen molar-refractivity contribution in [3.8, 4) is 0 Å². The second kappa shape index (κ2) is 6.12. The minimum atomic E-state index is -2.78. The van der Waals surface area contributed by atoms with Crippen LogP contribution in [-0.4, -0.2) is 19.9 Å². The molecule has 0 atom stereocenters. The van der Waals surface area contributed by atoms with Crippen LogP contribution in [0.5, 0.6) is 0 Å². The van der Waals surface area contributed by atoms with Crippen LogP contribution < -0.4 is 0 Å². The highest BCUT2D eigenvalue weighted by Crippen LogP contribution is 2.40. The quantitative estimate of drug-likeness (QED) is 0.747. The van der Waals surface area contributed by atoms with E-state index in [4.69, 9.17) is 0 Å². The zero-order valence-corrected chi connectivity index (χ0v) is 14.6. The summed E-state index contributed by atoms with van der Waals surface area (Å²) in [6.45, 7) is 9.02. The second-order valence-electron chi connectivity index (χ2n) is 7.20. The maximum absolute atomic E-state index is 11.5. The van der Waals surface area contributed by atoms with Gasteiger partial charge in [-0.15, -0.1) is 0 Å². The molecule has 118 valence electrons. The molecule has 21 heavy (non-hydrogen) atoms. The van der Waals surface area contributed by atoms with Gasteiger partial charge in [0.1, 0.15) is 0 Å². The van der Waals surface area contributed by atoms with Crippen LogP contribution in [0.3, 0.4) is 0 Å². The molecule has 0 unspecified atom stereocenters. The van der Waals surface area contributed by atoms with Gasteiger partial charge >= 0.3 is 0 Å². The lowest BCUT2D eigenvalue weighted by atomic mass is 9.72. The molecular weight excluding hydrogens is 280 g/mol. The van der Waals surface area contributed by atoms with Gasteiger partial charge in [-0.1, -0.05) is 42.7 Å². The third-order valence-electron chi connectivity index (χ3n) is 5.03. The molecule has 0 aromatic heterocycles. The van der Waals surface area contributed by atoms with Crippen molar-refractivity contribution in [1.29, 1.82) is 0 Å². The Morgan fingerprint density at radius 2 is 1.76 bits per heavy atom. The molecule has 1 saturated heterocycles. The van der Waals surface area contributed by atoms with E-state index in [1.165, 1.54) is 41.6 Å². The van der Waals surface area contributed by atoms with Gasteiger partial charge in [0.15, 0.2) is 9.84 Å². The van der Waals surface area contributed by atoms with Gasteiger partial charge in [-0.2, -0.15) is 0 Å². The predicted octanol–water partition coefficient (Wildman–Crippen LogP) is 4.59. The van der Waals surface area contributed by atoms with Crippen molar-refractivity contribution in [3.05, 3.63) is 34.4 Å². The van der Waals surface area contributed by atoms with Gasteiger partial charge in [-0.25, -0.2) is 8.42 Å². The standard InChI is InChI=1S/C18H28O2S/c1-14(16-9-12-21(19,20)13-10-16)7-8-17-15(2)6-5-11-18(17,3)4/h7-8H,5-6,9-13H2,1-4H3/b8-7+. The fourth-order valence-electron chi connectivity index (χ4n) is 3.52. The Hall–Kier alpha value is -0.830. The largest absolute Gasteiger partial charge is 0.229 e. The Bertz CT molecular complexity index is 585. The zero-order valence-electron chi connectivity index (χ0n) is 13.8. The predicted molar refractivity (Wildman–Crippen MR) is 90.1 cm³/mol. The fraction of sp³-hybridized carbons (Fsp3) is 0.667. The van der Waals surface area contributed by atoms with E-state index in [1.54, 1.807) is 0 Å². The van der Waals surface area contributed by atoms with Gasteiger partial charge in [-0.05, 0) is 56.9 Å². The van der Waals surface area contributed by atoms with Gasteiger partial charge in [0.2, 0.25) is 0 Å². The van der Waals surface area contributed by atoms with Crippen molar-refractivity contribution in [3.63, 3.8) is 0 Å². The number of rotatable bonds is 2. The number of hydrogen-bond donors (Lipinski definition) is 0. The molecule has 3 heteroatoms. The van der Waals surface area contributed by atoms with Gasteiger partial charge in [0, 0.05) is 0 Å². The van der Waals surface area contributed by atoms with Crippen molar-refractivity contribution in [2.45, 2.75) is 59.8 Å². The van der Waals surface area contributed by atoms with E-state index < -0.39 is 9.84 Å². The third kappa shape index (κ3) is 4.09. The first-order valence-corrected chi connectivity index (χ1v) is 9.81. The second-order valence-corrected chi connectivity index (χ2v) is 9.51. The molecule has 0 aromatic carbocycles. The maximum Gasteiger partial charge on any atom is 0.150 e. The van der Waals surface area contributed by atoms with Crippen LogP contribution in [0, 0.1) is 5.41 Å². The van der Waals surface area contributed by atoms with Gasteiger partial charge in [-0.3, -0.25) is 0 Å². The number of sulfone groups is 1. The molecule has 0 radical (unpaired) electrons. The SMILES string of the molecule is CC(/C=C/C1=C(C)CCCC1(C)C)=C1CCS(=O)(=O)CC1. The highest BCUT2D eigenvalue weighted by molar-refractivity contribution is 7.91. The molecule has 1 aliphatic heterocycles. The summed E-state index contributed by atoms with van der Waals surface area (Å²) in [5.74, 6) is 0.640. The van der Waals surface area contributed by atoms with E-state index in [0.717, 1.165) is 0 Å². The summed E-state index contributed by atoms with van der Waals surface area (Å²) < 4.78 is 23.0. The Labute approximate surface area is 129 Å². The third-order valence-corrected chi connectivity index (χ3v) is 6.68. The summed E-state index contributed by atoms with van der Waals surface area (Å²) in [7, 11) is -2.78. The zero-order chi connectivity index (χ0) is 15.7. The molecule has 1 aliphatic carbocycles. The number of hydrogen-bond acceptors (Lipinski definition) is 2. The molecule has 0 N–H and O–H groups in total. The summed E-state index contributed by atoms with van der Waals surface area (Å²) in [5, 5.41) is 0. The van der Waals surface area contributed by atoms with Crippen molar-refractivity contribution in [2.24, 2.45) is 5.41 Å². The highest BCUT2D eigenvalue weighted by atomic mass is 32.2. The van der Waals surface area contributed by atoms with Crippen molar-refractivity contribution >= 4 is 9.84 Å². The highest BCUT2D eigenvalue weighted by Gasteiger charge is 2.26. The van der Waals surface area contributed by atoms with E-state index in [0.29, 0.717) is 24.3 Å². The summed E-state index contributed by atoms with van der Waals surface area (Å²) in [6.07, 6.45) is 9.64. The Balaban J connectivity index is 2.17. The Kier molecular flexibility index (Phi) is 4.82. The van der Waals surface area contributed by atoms with Crippen LogP contribution in [0.2, 0.25) is 0 Å². The topological polar surface area (TPSA) is 34.1 Å². The lowest BCUT2D eigenvalue weighted by molar-refractivity contribution is 0.377. The molecule has 2 aliphatic rings. The lowest BCUT2D eigenvalue weighted by Gasteiger charge is -2.33. The average Bonchev–Trinajstić information content (AvgIpc) is 2.37.